The summed E-state index contributed by atoms with van der Waals surface area (Å²) in [7, 11) is 0. The number of hydrogen-bond donors (Lipinski definition) is 1. The van der Waals surface area contributed by atoms with Gasteiger partial charge in [0.1, 0.15) is 6.04 Å². The van der Waals surface area contributed by atoms with Crippen LogP contribution in [0.2, 0.25) is 0 Å². The summed E-state index contributed by atoms with van der Waals surface area (Å²) in [5, 5.41) is 2.72. The number of imide groups is 1. The molecule has 1 aromatic carbocycles. The van der Waals surface area contributed by atoms with Crippen LogP contribution >= 0.6 is 15.9 Å². The largest absolute Gasteiger partial charge is 0.454 e. The number of rotatable bonds is 6. The highest BCUT2D eigenvalue weighted by Crippen LogP contribution is 2.53. The predicted molar refractivity (Wildman–Crippen MR) is 121 cm³/mol. The molecule has 1 aliphatic heterocycles. The Morgan fingerprint density at radius 3 is 2.12 bits per heavy atom. The van der Waals surface area contributed by atoms with E-state index in [2.05, 4.69) is 21.2 Å². The summed E-state index contributed by atoms with van der Waals surface area (Å²) in [5.41, 5.74) is 2.54. The third-order valence-corrected chi connectivity index (χ3v) is 7.97. The summed E-state index contributed by atoms with van der Waals surface area (Å²) >= 11 is 3.48. The highest BCUT2D eigenvalue weighted by atomic mass is 79.9. The number of carbonyl (C=O) groups excluding carboxylic acids is 4. The Balaban J connectivity index is 1.42. The number of esters is 1. The number of nitrogens with zero attached hydrogens (tertiary/aromatic N) is 1. The molecule has 5 atom stereocenters. The lowest BCUT2D eigenvalue weighted by atomic mass is 9.85. The van der Waals surface area contributed by atoms with Gasteiger partial charge in [0, 0.05) is 10.2 Å². The lowest BCUT2D eigenvalue weighted by Gasteiger charge is -2.28. The smallest absolute Gasteiger partial charge is 0.330 e. The van der Waals surface area contributed by atoms with Gasteiger partial charge < -0.3 is 10.1 Å². The van der Waals surface area contributed by atoms with Gasteiger partial charge >= 0.3 is 5.97 Å². The minimum Gasteiger partial charge on any atom is -0.454 e. The summed E-state index contributed by atoms with van der Waals surface area (Å²) in [6.07, 6.45) is 4.85. The standard InChI is InChI=1S/C24H27BrN2O5/c1-11(2)21(27-22(29)18-14-5-6-15(9-14)19(18)23(27)30)24(31)32-10-17(28)26-16-7-12(3)20(25)13(4)8-16/h5-8,11,14-15,18-19,21H,9-10H2,1-4H3,(H,26,28)/t14-,15-,18+,19+,21-/m0/s1. The first-order valence-corrected chi connectivity index (χ1v) is 11.7. The molecule has 0 radical (unpaired) electrons. The van der Waals surface area contributed by atoms with E-state index in [0.717, 1.165) is 26.9 Å². The van der Waals surface area contributed by atoms with Crippen molar-refractivity contribution in [3.63, 3.8) is 0 Å². The minimum absolute atomic E-state index is 0.0684. The van der Waals surface area contributed by atoms with Crippen LogP contribution < -0.4 is 5.32 Å². The van der Waals surface area contributed by atoms with E-state index in [1.807, 2.05) is 38.1 Å². The second-order valence-corrected chi connectivity index (χ2v) is 10.1. The first kappa shape index (κ1) is 22.7. The Morgan fingerprint density at radius 2 is 1.62 bits per heavy atom. The molecular weight excluding hydrogens is 476 g/mol. The van der Waals surface area contributed by atoms with Crippen molar-refractivity contribution in [1.29, 1.82) is 0 Å². The van der Waals surface area contributed by atoms with Crippen LogP contribution in [0.25, 0.3) is 0 Å². The second-order valence-electron chi connectivity index (χ2n) is 9.32. The van der Waals surface area contributed by atoms with E-state index in [1.165, 1.54) is 0 Å². The van der Waals surface area contributed by atoms with Gasteiger partial charge in [-0.15, -0.1) is 0 Å². The quantitative estimate of drug-likeness (QED) is 0.365. The molecule has 3 aliphatic rings. The Hall–Kier alpha value is -2.48. The van der Waals surface area contributed by atoms with Crippen molar-refractivity contribution < 1.29 is 23.9 Å². The van der Waals surface area contributed by atoms with E-state index < -0.39 is 24.5 Å². The number of aryl methyl sites for hydroxylation is 2. The maximum Gasteiger partial charge on any atom is 0.330 e. The van der Waals surface area contributed by atoms with E-state index in [-0.39, 0.29) is 41.4 Å². The van der Waals surface area contributed by atoms with E-state index in [1.54, 1.807) is 13.8 Å². The van der Waals surface area contributed by atoms with Crippen molar-refractivity contribution in [2.45, 2.75) is 40.2 Å². The second kappa shape index (κ2) is 8.46. The first-order chi connectivity index (χ1) is 15.1. The fourth-order valence-electron chi connectivity index (χ4n) is 5.31. The molecule has 0 spiro atoms. The van der Waals surface area contributed by atoms with Gasteiger partial charge in [0.25, 0.3) is 5.91 Å². The number of fused-ring (bicyclic) bond motifs is 5. The van der Waals surface area contributed by atoms with Gasteiger partial charge in [0.2, 0.25) is 11.8 Å². The number of anilines is 1. The topological polar surface area (TPSA) is 92.8 Å². The Morgan fingerprint density at radius 1 is 1.09 bits per heavy atom. The van der Waals surface area contributed by atoms with Crippen molar-refractivity contribution in [3.8, 4) is 0 Å². The number of carbonyl (C=O) groups is 4. The van der Waals surface area contributed by atoms with Gasteiger partial charge in [-0.1, -0.05) is 41.9 Å². The van der Waals surface area contributed by atoms with Crippen molar-refractivity contribution in [2.75, 3.05) is 11.9 Å². The molecule has 0 unspecified atom stereocenters. The monoisotopic (exact) mass is 502 g/mol. The average molecular weight is 503 g/mol. The van der Waals surface area contributed by atoms with Crippen molar-refractivity contribution in [1.82, 2.24) is 4.90 Å². The number of halogens is 1. The van der Waals surface area contributed by atoms with Crippen molar-refractivity contribution >= 4 is 45.3 Å². The number of hydrogen-bond acceptors (Lipinski definition) is 5. The summed E-state index contributed by atoms with van der Waals surface area (Å²) in [6, 6.07) is 2.59. The molecule has 1 saturated heterocycles. The van der Waals surface area contributed by atoms with Crippen molar-refractivity contribution in [2.24, 2.45) is 29.6 Å². The van der Waals surface area contributed by atoms with E-state index in [9.17, 15) is 19.2 Å². The summed E-state index contributed by atoms with van der Waals surface area (Å²) < 4.78 is 6.23. The zero-order valence-corrected chi connectivity index (χ0v) is 20.1. The third-order valence-electron chi connectivity index (χ3n) is 6.72. The van der Waals surface area contributed by atoms with Crippen LogP contribution in [-0.4, -0.2) is 41.2 Å². The first-order valence-electron chi connectivity index (χ1n) is 10.9. The van der Waals surface area contributed by atoms with E-state index >= 15 is 0 Å². The lowest BCUT2D eigenvalue weighted by molar-refractivity contribution is -0.162. The van der Waals surface area contributed by atoms with Gasteiger partial charge in [-0.3, -0.25) is 19.3 Å². The summed E-state index contributed by atoms with van der Waals surface area (Å²) in [5.74, 6) is -2.76. The molecule has 32 heavy (non-hydrogen) atoms. The number of amides is 3. The van der Waals surface area contributed by atoms with Crippen LogP contribution in [0.1, 0.15) is 31.4 Å². The molecule has 0 aromatic heterocycles. The van der Waals surface area contributed by atoms with Crippen LogP contribution in [-0.2, 0) is 23.9 Å². The molecule has 2 fully saturated rings. The normalized spacial score (nSPS) is 26.6. The minimum atomic E-state index is -1.04. The molecule has 2 bridgehead atoms. The number of allylic oxidation sites excluding steroid dienone is 2. The van der Waals surface area contributed by atoms with Crippen LogP contribution in [0.15, 0.2) is 28.8 Å². The SMILES string of the molecule is Cc1cc(NC(=O)COC(=O)[C@H](C(C)C)N2C(=O)[C@H]3[C@H](C2=O)[C@H]2C=C[C@H]3C2)cc(C)c1Br. The molecule has 4 rings (SSSR count). The van der Waals surface area contributed by atoms with Crippen LogP contribution in [0, 0.1) is 43.4 Å². The van der Waals surface area contributed by atoms with Crippen molar-refractivity contribution in [3.05, 3.63) is 39.9 Å². The molecule has 1 heterocycles. The van der Waals surface area contributed by atoms with E-state index in [0.29, 0.717) is 5.69 Å². The van der Waals surface area contributed by atoms with Gasteiger partial charge in [-0.2, -0.15) is 0 Å². The number of nitrogens with one attached hydrogen (secondary N) is 1. The van der Waals surface area contributed by atoms with Crippen LogP contribution in [0.3, 0.4) is 0 Å². The number of ether oxygens (including phenoxy) is 1. The Labute approximate surface area is 195 Å². The molecule has 170 valence electrons. The van der Waals surface area contributed by atoms with Gasteiger partial charge in [-0.25, -0.2) is 4.79 Å². The number of likely N-dealkylation sites (tertiary alicyclic amines) is 1. The molecule has 3 amide bonds. The molecule has 1 saturated carbocycles. The fourth-order valence-corrected chi connectivity index (χ4v) is 5.54. The van der Waals surface area contributed by atoms with Gasteiger partial charge in [0.15, 0.2) is 6.61 Å². The van der Waals surface area contributed by atoms with Crippen LogP contribution in [0.4, 0.5) is 5.69 Å². The molecule has 7 nitrogen and oxygen atoms in total. The van der Waals surface area contributed by atoms with Gasteiger partial charge in [0.05, 0.1) is 11.8 Å². The van der Waals surface area contributed by atoms with Crippen LogP contribution in [0.5, 0.6) is 0 Å². The van der Waals surface area contributed by atoms with Gasteiger partial charge in [-0.05, 0) is 61.3 Å². The third kappa shape index (κ3) is 3.78. The fraction of sp³-hybridized carbons (Fsp3) is 0.500. The molecule has 1 N–H and O–H groups in total. The maximum atomic E-state index is 13.1. The predicted octanol–water partition coefficient (Wildman–Crippen LogP) is 3.38. The Kier molecular flexibility index (Phi) is 6.00. The highest BCUT2D eigenvalue weighted by molar-refractivity contribution is 9.10. The molecular formula is C24H27BrN2O5. The molecule has 2 aliphatic carbocycles. The Bertz CT molecular complexity index is 980. The summed E-state index contributed by atoms with van der Waals surface area (Å²) in [4.78, 5) is 52.5. The zero-order chi connectivity index (χ0) is 23.3. The van der Waals surface area contributed by atoms with E-state index in [4.69, 9.17) is 4.74 Å². The maximum absolute atomic E-state index is 13.1. The molecule has 8 heteroatoms. The highest BCUT2D eigenvalue weighted by Gasteiger charge is 2.61. The average Bonchev–Trinajstić information content (AvgIpc) is 3.40. The summed E-state index contributed by atoms with van der Waals surface area (Å²) in [6.45, 7) is 6.87. The number of benzene rings is 1. The lowest BCUT2D eigenvalue weighted by Crippen LogP contribution is -2.50. The zero-order valence-electron chi connectivity index (χ0n) is 18.6. The molecule has 1 aromatic rings.